The van der Waals surface area contributed by atoms with E-state index in [2.05, 4.69) is 0 Å². The van der Waals surface area contributed by atoms with Crippen molar-refractivity contribution in [1.82, 2.24) is 0 Å². The van der Waals surface area contributed by atoms with Crippen LogP contribution in [0.5, 0.6) is 11.5 Å². The topological polar surface area (TPSA) is 40.5 Å². The molecule has 1 heterocycles. The molecule has 0 aliphatic carbocycles. The number of phenolic OH excluding ortho intramolecular Hbond substituents is 2. The maximum atomic E-state index is 13.5. The predicted molar refractivity (Wildman–Crippen MR) is 82.5 cm³/mol. The Kier molecular flexibility index (Phi) is 3.96. The fourth-order valence-electron chi connectivity index (χ4n) is 2.02. The molecule has 0 atom stereocenters. The van der Waals surface area contributed by atoms with Crippen molar-refractivity contribution in [2.24, 2.45) is 0 Å². The number of rotatable bonds is 2. The van der Waals surface area contributed by atoms with Gasteiger partial charge in [0.1, 0.15) is 0 Å². The van der Waals surface area contributed by atoms with Gasteiger partial charge in [0.25, 0.3) is 0 Å². The molecule has 0 radical (unpaired) electrons. The van der Waals surface area contributed by atoms with Crippen LogP contribution in [0.1, 0.15) is 0 Å². The minimum absolute atomic E-state index is 0.232. The van der Waals surface area contributed by atoms with E-state index in [4.69, 9.17) is 11.6 Å². The van der Waals surface area contributed by atoms with E-state index in [-0.39, 0.29) is 14.5 Å². The van der Waals surface area contributed by atoms with Crippen LogP contribution >= 0.6 is 11.6 Å². The van der Waals surface area contributed by atoms with Crippen molar-refractivity contribution in [2.45, 2.75) is 0 Å². The van der Waals surface area contributed by atoms with Gasteiger partial charge >= 0.3 is 136 Å². The summed E-state index contributed by atoms with van der Waals surface area (Å²) in [6, 6.07) is 9.94. The van der Waals surface area contributed by atoms with Gasteiger partial charge in [0.05, 0.1) is 0 Å². The molecule has 0 fully saturated rings. The van der Waals surface area contributed by atoms with Crippen molar-refractivity contribution in [2.75, 3.05) is 0 Å². The van der Waals surface area contributed by atoms with Gasteiger partial charge < -0.3 is 0 Å². The summed E-state index contributed by atoms with van der Waals surface area (Å²) in [5.74, 6) is -2.24. The van der Waals surface area contributed by atoms with Crippen molar-refractivity contribution in [3.8, 4) is 31.5 Å². The molecular weight excluding hydrogens is 377 g/mol. The summed E-state index contributed by atoms with van der Waals surface area (Å²) in [5, 5.41) is 18.9. The molecule has 2 N–H and O–H groups in total. The molecule has 0 bridgehead atoms. The van der Waals surface area contributed by atoms with Crippen molar-refractivity contribution < 1.29 is 19.0 Å². The quantitative estimate of drug-likeness (QED) is 0.641. The molecule has 0 aliphatic rings. The Morgan fingerprint density at radius 1 is 0.818 bits per heavy atom. The van der Waals surface area contributed by atoms with E-state index in [0.29, 0.717) is 16.1 Å². The van der Waals surface area contributed by atoms with Crippen LogP contribution in [0.4, 0.5) is 8.78 Å². The third-order valence-corrected chi connectivity index (χ3v) is 6.27. The van der Waals surface area contributed by atoms with Gasteiger partial charge in [-0.2, -0.15) is 0 Å². The molecule has 0 aliphatic heterocycles. The van der Waals surface area contributed by atoms with E-state index < -0.39 is 23.1 Å². The molecule has 1 aromatic heterocycles. The van der Waals surface area contributed by atoms with Crippen LogP contribution in [0.2, 0.25) is 5.02 Å². The van der Waals surface area contributed by atoms with Crippen LogP contribution in [0.15, 0.2) is 42.5 Å². The van der Waals surface area contributed by atoms with E-state index in [1.165, 1.54) is 24.3 Å². The fourth-order valence-corrected chi connectivity index (χ4v) is 4.77. The Labute approximate surface area is 136 Å². The number of hydrogen-bond donors (Lipinski definition) is 2. The van der Waals surface area contributed by atoms with Crippen molar-refractivity contribution in [3.63, 3.8) is 0 Å². The average Bonchev–Trinajstić information content (AvgIpc) is 2.87. The molecule has 2 aromatic carbocycles. The first-order valence-corrected chi connectivity index (χ1v) is 8.32. The zero-order valence-electron chi connectivity index (χ0n) is 11.0. The number of aromatic hydroxyl groups is 2. The molecule has 3 aromatic rings. The molecule has 6 heteroatoms. The Morgan fingerprint density at radius 3 is 1.95 bits per heavy atom. The molecular formula is C16H9ClF2O2Se. The first-order valence-electron chi connectivity index (χ1n) is 6.23. The number of benzene rings is 2. The molecule has 0 saturated heterocycles. The van der Waals surface area contributed by atoms with Gasteiger partial charge in [-0.1, -0.05) is 0 Å². The average molecular weight is 386 g/mol. The second-order valence-electron chi connectivity index (χ2n) is 4.62. The Hall–Kier alpha value is -1.81. The van der Waals surface area contributed by atoms with E-state index in [1.54, 1.807) is 18.2 Å². The van der Waals surface area contributed by atoms with Gasteiger partial charge in [0.2, 0.25) is 0 Å². The molecule has 3 rings (SSSR count). The van der Waals surface area contributed by atoms with Crippen LogP contribution in [-0.2, 0) is 0 Å². The van der Waals surface area contributed by atoms with Gasteiger partial charge in [0.15, 0.2) is 0 Å². The van der Waals surface area contributed by atoms with Crippen LogP contribution in [0, 0.1) is 11.6 Å². The Balaban J connectivity index is 2.06. The monoisotopic (exact) mass is 386 g/mol. The standard InChI is InChI=1S/C16H9ClF2O2Se/c17-10-7-15(8-1-3-13(20)11(18)5-8)22-16(10)9-2-4-14(21)12(19)6-9/h1-7,20-21H. The first-order chi connectivity index (χ1) is 10.5. The summed E-state index contributed by atoms with van der Waals surface area (Å²) in [4.78, 5) is 0. The molecule has 0 unspecified atom stereocenters. The molecule has 0 saturated carbocycles. The third kappa shape index (κ3) is 2.75. The van der Waals surface area contributed by atoms with Gasteiger partial charge in [-0.25, -0.2) is 0 Å². The molecule has 0 spiro atoms. The fraction of sp³-hybridized carbons (Fsp3) is 0. The van der Waals surface area contributed by atoms with Gasteiger partial charge in [-0.15, -0.1) is 0 Å². The Bertz CT molecular complexity index is 861. The Morgan fingerprint density at radius 2 is 1.36 bits per heavy atom. The number of hydrogen-bond acceptors (Lipinski definition) is 2. The second-order valence-corrected chi connectivity index (χ2v) is 7.23. The molecule has 112 valence electrons. The van der Waals surface area contributed by atoms with Gasteiger partial charge in [-0.3, -0.25) is 0 Å². The SMILES string of the molecule is Oc1ccc(-c2cc(Cl)c(-c3ccc(O)c(F)c3)[se]2)cc1F. The van der Waals surface area contributed by atoms with Crippen LogP contribution in [-0.4, -0.2) is 24.7 Å². The van der Waals surface area contributed by atoms with Crippen molar-refractivity contribution >= 4 is 26.1 Å². The van der Waals surface area contributed by atoms with E-state index in [0.717, 1.165) is 8.87 Å². The zero-order chi connectivity index (χ0) is 15.9. The van der Waals surface area contributed by atoms with Crippen molar-refractivity contribution in [3.05, 3.63) is 59.1 Å². The maximum absolute atomic E-state index is 13.5. The second kappa shape index (κ2) is 5.76. The summed E-state index contributed by atoms with van der Waals surface area (Å²) in [5.41, 5.74) is 1.22. The normalized spacial score (nSPS) is 10.9. The van der Waals surface area contributed by atoms with Crippen molar-refractivity contribution in [1.29, 1.82) is 0 Å². The van der Waals surface area contributed by atoms with Crippen LogP contribution in [0.3, 0.4) is 0 Å². The molecule has 2 nitrogen and oxygen atoms in total. The summed E-state index contributed by atoms with van der Waals surface area (Å²) in [6.07, 6.45) is 0. The zero-order valence-corrected chi connectivity index (χ0v) is 13.4. The number of phenols is 2. The summed E-state index contributed by atoms with van der Waals surface area (Å²) >= 11 is 5.98. The minimum atomic E-state index is -0.714. The van der Waals surface area contributed by atoms with E-state index in [9.17, 15) is 19.0 Å². The predicted octanol–water partition coefficient (Wildman–Crippen LogP) is 4.42. The van der Waals surface area contributed by atoms with E-state index >= 15 is 0 Å². The van der Waals surface area contributed by atoms with Gasteiger partial charge in [0, 0.05) is 0 Å². The number of halogens is 3. The first kappa shape index (κ1) is 15.1. The molecule has 22 heavy (non-hydrogen) atoms. The third-order valence-electron chi connectivity index (χ3n) is 3.13. The summed E-state index contributed by atoms with van der Waals surface area (Å²) in [6.45, 7) is 0. The summed E-state index contributed by atoms with van der Waals surface area (Å²) < 4.78 is 28.5. The van der Waals surface area contributed by atoms with Crippen LogP contribution < -0.4 is 0 Å². The van der Waals surface area contributed by atoms with Crippen LogP contribution in [0.25, 0.3) is 20.0 Å². The van der Waals surface area contributed by atoms with Gasteiger partial charge in [-0.05, 0) is 0 Å². The van der Waals surface area contributed by atoms with E-state index in [1.807, 2.05) is 0 Å². The summed E-state index contributed by atoms with van der Waals surface area (Å²) in [7, 11) is 0. The molecule has 0 amide bonds.